The largest absolute Gasteiger partial charge is 0.370 e. The molecule has 0 radical (unpaired) electrons. The summed E-state index contributed by atoms with van der Waals surface area (Å²) in [5.41, 5.74) is 7.78. The molecule has 2 aromatic heterocycles. The molecule has 1 fully saturated rings. The number of carbonyl (C=O) groups is 1. The minimum atomic E-state index is -0.203. The summed E-state index contributed by atoms with van der Waals surface area (Å²) in [4.78, 5) is 26.6. The molecule has 3 aromatic rings. The van der Waals surface area contributed by atoms with Crippen molar-refractivity contribution in [3.63, 3.8) is 0 Å². The van der Waals surface area contributed by atoms with E-state index >= 15 is 0 Å². The Labute approximate surface area is 175 Å². The lowest BCUT2D eigenvalue weighted by molar-refractivity contribution is -0.119. The predicted molar refractivity (Wildman–Crippen MR) is 119 cm³/mol. The number of nitrogens with zero attached hydrogens (tertiary/aromatic N) is 4. The van der Waals surface area contributed by atoms with Crippen LogP contribution in [0.1, 0.15) is 25.1 Å². The third kappa shape index (κ3) is 4.41. The monoisotopic (exact) mass is 409 g/mol. The molecule has 0 atom stereocenters. The van der Waals surface area contributed by atoms with Crippen LogP contribution in [0.4, 0.5) is 5.82 Å². The third-order valence-electron chi connectivity index (χ3n) is 5.41. The average Bonchev–Trinajstić information content (AvgIpc) is 3.12. The molecule has 0 spiro atoms. The molecule has 6 nitrogen and oxygen atoms in total. The van der Waals surface area contributed by atoms with Crippen LogP contribution >= 0.6 is 11.3 Å². The Bertz CT molecular complexity index is 993. The van der Waals surface area contributed by atoms with Gasteiger partial charge in [-0.2, -0.15) is 0 Å². The van der Waals surface area contributed by atoms with Crippen LogP contribution in [0.15, 0.2) is 35.7 Å². The maximum atomic E-state index is 11.3. The van der Waals surface area contributed by atoms with Crippen molar-refractivity contribution in [2.45, 2.75) is 25.8 Å². The summed E-state index contributed by atoms with van der Waals surface area (Å²) >= 11 is 1.68. The average molecular weight is 410 g/mol. The number of primary amides is 1. The topological polar surface area (TPSA) is 75.3 Å². The molecular formula is C22H27N5OS. The summed E-state index contributed by atoms with van der Waals surface area (Å²) in [5.74, 6) is 2.03. The van der Waals surface area contributed by atoms with Gasteiger partial charge in [0.15, 0.2) is 0 Å². The summed E-state index contributed by atoms with van der Waals surface area (Å²) in [5, 5.41) is 3.33. The van der Waals surface area contributed by atoms with Crippen molar-refractivity contribution in [3.8, 4) is 11.1 Å². The number of nitrogens with two attached hydrogens (primary N) is 1. The molecule has 0 saturated carbocycles. The zero-order valence-electron chi connectivity index (χ0n) is 17.0. The van der Waals surface area contributed by atoms with Crippen molar-refractivity contribution in [1.82, 2.24) is 14.9 Å². The molecule has 7 heteroatoms. The molecule has 152 valence electrons. The number of aromatic nitrogens is 2. The molecular weight excluding hydrogens is 382 g/mol. The molecule has 2 N–H and O–H groups in total. The van der Waals surface area contributed by atoms with E-state index in [0.29, 0.717) is 18.9 Å². The van der Waals surface area contributed by atoms with Gasteiger partial charge >= 0.3 is 0 Å². The Hall–Kier alpha value is -2.51. The number of fused-ring (bicyclic) bond motifs is 1. The van der Waals surface area contributed by atoms with Crippen LogP contribution in [0.3, 0.4) is 0 Å². The lowest BCUT2D eigenvalue weighted by atomic mass is 9.93. The Balaban J connectivity index is 1.74. The quantitative estimate of drug-likeness (QED) is 0.674. The van der Waals surface area contributed by atoms with Crippen LogP contribution in [0.5, 0.6) is 0 Å². The highest BCUT2D eigenvalue weighted by atomic mass is 32.1. The fourth-order valence-electron chi connectivity index (χ4n) is 4.01. The first-order valence-corrected chi connectivity index (χ1v) is 10.9. The molecule has 1 aliphatic rings. The van der Waals surface area contributed by atoms with Crippen molar-refractivity contribution in [2.75, 3.05) is 32.1 Å². The Morgan fingerprint density at radius 2 is 1.93 bits per heavy atom. The minimum absolute atomic E-state index is 0.203. The fourth-order valence-corrected chi connectivity index (χ4v) is 4.97. The third-order valence-corrected chi connectivity index (χ3v) is 6.28. The molecule has 29 heavy (non-hydrogen) atoms. The van der Waals surface area contributed by atoms with Crippen molar-refractivity contribution in [1.29, 1.82) is 0 Å². The van der Waals surface area contributed by atoms with Gasteiger partial charge in [-0.25, -0.2) is 9.97 Å². The van der Waals surface area contributed by atoms with E-state index in [1.807, 2.05) is 20.2 Å². The molecule has 4 rings (SSSR count). The van der Waals surface area contributed by atoms with E-state index in [2.05, 4.69) is 39.4 Å². The second kappa shape index (κ2) is 8.47. The molecule has 1 saturated heterocycles. The lowest BCUT2D eigenvalue weighted by Gasteiger charge is -2.33. The Morgan fingerprint density at radius 1 is 1.21 bits per heavy atom. The van der Waals surface area contributed by atoms with Crippen LogP contribution < -0.4 is 10.6 Å². The maximum absolute atomic E-state index is 11.3. The van der Waals surface area contributed by atoms with E-state index in [9.17, 15) is 4.79 Å². The van der Waals surface area contributed by atoms with E-state index in [1.54, 1.807) is 11.3 Å². The van der Waals surface area contributed by atoms with Gasteiger partial charge in [-0.05, 0) is 38.4 Å². The van der Waals surface area contributed by atoms with Gasteiger partial charge < -0.3 is 15.5 Å². The van der Waals surface area contributed by atoms with Crippen LogP contribution in [-0.4, -0.2) is 48.0 Å². The first kappa shape index (κ1) is 19.8. The highest BCUT2D eigenvalue weighted by Gasteiger charge is 2.25. The SMILES string of the molecule is CN(C)Cc1nc(N2CCC(CC(N)=O)CC2)c2c(-c3ccccc3)csc2n1. The molecule has 1 aromatic carbocycles. The van der Waals surface area contributed by atoms with E-state index in [0.717, 1.165) is 47.8 Å². The second-order valence-electron chi connectivity index (χ2n) is 8.00. The van der Waals surface area contributed by atoms with E-state index in [1.165, 1.54) is 11.1 Å². The van der Waals surface area contributed by atoms with Crippen LogP contribution in [0.25, 0.3) is 21.3 Å². The number of thiophene rings is 1. The molecule has 0 aliphatic carbocycles. The zero-order valence-corrected chi connectivity index (χ0v) is 17.8. The van der Waals surface area contributed by atoms with Crippen molar-refractivity contribution >= 4 is 33.3 Å². The van der Waals surface area contributed by atoms with Crippen LogP contribution in [-0.2, 0) is 11.3 Å². The van der Waals surface area contributed by atoms with Gasteiger partial charge in [0.25, 0.3) is 0 Å². The van der Waals surface area contributed by atoms with Gasteiger partial charge in [0.05, 0.1) is 11.9 Å². The second-order valence-corrected chi connectivity index (χ2v) is 8.86. The number of hydrogen-bond donors (Lipinski definition) is 1. The number of rotatable bonds is 6. The molecule has 1 aliphatic heterocycles. The summed E-state index contributed by atoms with van der Waals surface area (Å²) in [7, 11) is 4.07. The van der Waals surface area contributed by atoms with Gasteiger partial charge in [-0.1, -0.05) is 30.3 Å². The van der Waals surface area contributed by atoms with Crippen molar-refractivity contribution < 1.29 is 4.79 Å². The molecule has 3 heterocycles. The summed E-state index contributed by atoms with van der Waals surface area (Å²) in [6.07, 6.45) is 2.40. The Kier molecular flexibility index (Phi) is 5.78. The van der Waals surface area contributed by atoms with Gasteiger partial charge in [-0.15, -0.1) is 11.3 Å². The van der Waals surface area contributed by atoms with Crippen LogP contribution in [0.2, 0.25) is 0 Å². The highest BCUT2D eigenvalue weighted by molar-refractivity contribution is 7.17. The van der Waals surface area contributed by atoms with Crippen LogP contribution in [0, 0.1) is 5.92 Å². The normalized spacial score (nSPS) is 15.3. The van der Waals surface area contributed by atoms with Gasteiger partial charge in [-0.3, -0.25) is 4.79 Å². The number of amides is 1. The summed E-state index contributed by atoms with van der Waals surface area (Å²) in [6.45, 7) is 2.48. The molecule has 1 amide bonds. The lowest BCUT2D eigenvalue weighted by Crippen LogP contribution is -2.36. The standard InChI is InChI=1S/C22H27N5OS/c1-26(2)13-19-24-21(27-10-8-15(9-11-27)12-18(23)28)20-17(14-29-22(20)25-19)16-6-4-3-5-7-16/h3-7,14-15H,8-13H2,1-2H3,(H2,23,28). The van der Waals surface area contributed by atoms with Crippen molar-refractivity contribution in [2.24, 2.45) is 11.7 Å². The first-order valence-electron chi connectivity index (χ1n) is 10.0. The number of carbonyl (C=O) groups excluding carboxylic acids is 1. The summed E-state index contributed by atoms with van der Waals surface area (Å²) in [6, 6.07) is 10.4. The number of benzene rings is 1. The maximum Gasteiger partial charge on any atom is 0.217 e. The predicted octanol–water partition coefficient (Wildman–Crippen LogP) is 3.51. The van der Waals surface area contributed by atoms with Gasteiger partial charge in [0.1, 0.15) is 16.5 Å². The zero-order chi connectivity index (χ0) is 20.4. The number of anilines is 1. The summed E-state index contributed by atoms with van der Waals surface area (Å²) < 4.78 is 0. The van der Waals surface area contributed by atoms with E-state index in [4.69, 9.17) is 15.7 Å². The van der Waals surface area contributed by atoms with Crippen molar-refractivity contribution in [3.05, 3.63) is 41.5 Å². The van der Waals surface area contributed by atoms with Gasteiger partial charge in [0.2, 0.25) is 5.91 Å². The fraction of sp³-hybridized carbons (Fsp3) is 0.409. The highest BCUT2D eigenvalue weighted by Crippen LogP contribution is 2.39. The number of hydrogen-bond acceptors (Lipinski definition) is 6. The number of piperidine rings is 1. The first-order chi connectivity index (χ1) is 14.0. The van der Waals surface area contributed by atoms with E-state index < -0.39 is 0 Å². The minimum Gasteiger partial charge on any atom is -0.370 e. The van der Waals surface area contributed by atoms with E-state index in [-0.39, 0.29) is 5.91 Å². The molecule has 0 unspecified atom stereocenters. The van der Waals surface area contributed by atoms with Gasteiger partial charge in [0, 0.05) is 30.5 Å². The smallest absolute Gasteiger partial charge is 0.217 e. The Morgan fingerprint density at radius 3 is 2.59 bits per heavy atom. The molecule has 0 bridgehead atoms.